The van der Waals surface area contributed by atoms with Crippen LogP contribution in [0.15, 0.2) is 30.3 Å². The van der Waals surface area contributed by atoms with E-state index >= 15 is 0 Å². The van der Waals surface area contributed by atoms with Crippen LogP contribution in [0.2, 0.25) is 0 Å². The van der Waals surface area contributed by atoms with E-state index in [4.69, 9.17) is 18.9 Å². The zero-order valence-corrected chi connectivity index (χ0v) is 28.8. The van der Waals surface area contributed by atoms with Gasteiger partial charge in [-0.05, 0) is 12.0 Å². The molecule has 4 N–H and O–H groups in total. The molecule has 0 fully saturated rings. The molecule has 0 heterocycles. The summed E-state index contributed by atoms with van der Waals surface area (Å²) in [7, 11) is 0. The molecule has 48 heavy (non-hydrogen) atoms. The third-order valence-electron chi connectivity index (χ3n) is 6.82. The highest BCUT2D eigenvalue weighted by molar-refractivity contribution is 5.92. The molecule has 0 aliphatic carbocycles. The topological polar surface area (TPSA) is 187 Å². The SMILES string of the molecule is CC(C)C(=O)CCC(=O)NCCOCCOCCOCCOCCC(=O)NCC(=O)NCC(=O)N[C@@H](Cc1ccccc1)C(=O)C(C)C. The quantitative estimate of drug-likeness (QED) is 0.0922. The van der Waals surface area contributed by atoms with E-state index in [0.29, 0.717) is 52.6 Å². The van der Waals surface area contributed by atoms with Crippen molar-refractivity contribution in [3.05, 3.63) is 35.9 Å². The maximum Gasteiger partial charge on any atom is 0.239 e. The van der Waals surface area contributed by atoms with Crippen molar-refractivity contribution in [2.24, 2.45) is 11.8 Å². The minimum absolute atomic E-state index is 0.0524. The second-order valence-electron chi connectivity index (χ2n) is 11.6. The molecule has 0 bridgehead atoms. The lowest BCUT2D eigenvalue weighted by Gasteiger charge is -2.20. The molecule has 0 saturated heterocycles. The lowest BCUT2D eigenvalue weighted by Crippen LogP contribution is -2.48. The first-order chi connectivity index (χ1) is 23.0. The number of benzene rings is 1. The summed E-state index contributed by atoms with van der Waals surface area (Å²) in [6.45, 7) is 9.52. The first-order valence-electron chi connectivity index (χ1n) is 16.5. The first-order valence-corrected chi connectivity index (χ1v) is 16.5. The standard InChI is InChI=1S/C34H54N4O10/c1-25(2)29(39)10-11-30(40)35-13-15-46-17-19-48-21-20-47-18-16-45-14-12-31(41)36-23-32(42)37-24-33(43)38-28(34(44)26(3)4)22-27-8-6-5-7-9-27/h5-9,25-26,28H,10-24H2,1-4H3,(H,35,40)(H,36,41)(H,37,42)(H,38,43)/t28-/m0/s1. The van der Waals surface area contributed by atoms with E-state index in [1.807, 2.05) is 44.2 Å². The number of rotatable bonds is 28. The predicted molar refractivity (Wildman–Crippen MR) is 178 cm³/mol. The van der Waals surface area contributed by atoms with Crippen molar-refractivity contribution in [2.45, 2.75) is 59.4 Å². The fourth-order valence-electron chi connectivity index (χ4n) is 4.03. The van der Waals surface area contributed by atoms with Gasteiger partial charge in [-0.25, -0.2) is 0 Å². The van der Waals surface area contributed by atoms with Crippen LogP contribution in [-0.4, -0.2) is 114 Å². The molecule has 0 unspecified atom stereocenters. The van der Waals surface area contributed by atoms with Crippen molar-refractivity contribution in [3.63, 3.8) is 0 Å². The van der Waals surface area contributed by atoms with Gasteiger partial charge in [0.25, 0.3) is 0 Å². The second kappa shape index (κ2) is 26.3. The summed E-state index contributed by atoms with van der Waals surface area (Å²) in [4.78, 5) is 72.3. The fraction of sp³-hybridized carbons (Fsp3) is 0.647. The summed E-state index contributed by atoms with van der Waals surface area (Å²) in [5.41, 5.74) is 0.912. The molecule has 14 nitrogen and oxygen atoms in total. The van der Waals surface area contributed by atoms with Crippen molar-refractivity contribution in [2.75, 3.05) is 72.5 Å². The zero-order valence-electron chi connectivity index (χ0n) is 28.8. The molecule has 4 amide bonds. The van der Waals surface area contributed by atoms with Crippen LogP contribution in [0.4, 0.5) is 0 Å². The second-order valence-corrected chi connectivity index (χ2v) is 11.6. The van der Waals surface area contributed by atoms with Crippen molar-refractivity contribution in [1.29, 1.82) is 0 Å². The van der Waals surface area contributed by atoms with Crippen LogP contribution in [0.25, 0.3) is 0 Å². The van der Waals surface area contributed by atoms with E-state index < -0.39 is 17.9 Å². The highest BCUT2D eigenvalue weighted by atomic mass is 16.6. The molecule has 1 atom stereocenters. The van der Waals surface area contributed by atoms with Crippen molar-refractivity contribution >= 4 is 35.2 Å². The average molecular weight is 679 g/mol. The lowest BCUT2D eigenvalue weighted by atomic mass is 9.95. The number of hydrogen-bond donors (Lipinski definition) is 4. The molecule has 270 valence electrons. The lowest BCUT2D eigenvalue weighted by molar-refractivity contribution is -0.130. The Morgan fingerprint density at radius 1 is 0.562 bits per heavy atom. The predicted octanol–water partition coefficient (Wildman–Crippen LogP) is 0.749. The van der Waals surface area contributed by atoms with E-state index in [0.717, 1.165) is 5.56 Å². The number of amides is 4. The van der Waals surface area contributed by atoms with Gasteiger partial charge in [0, 0.05) is 37.6 Å². The molecule has 0 aromatic heterocycles. The molecule has 14 heteroatoms. The van der Waals surface area contributed by atoms with Crippen LogP contribution in [0.3, 0.4) is 0 Å². The number of nitrogens with one attached hydrogen (secondary N) is 4. The number of hydrogen-bond acceptors (Lipinski definition) is 10. The van der Waals surface area contributed by atoms with E-state index in [2.05, 4.69) is 21.3 Å². The molecule has 0 aliphatic rings. The first kappa shape index (κ1) is 42.3. The summed E-state index contributed by atoms with van der Waals surface area (Å²) in [6.07, 6.45) is 0.839. The van der Waals surface area contributed by atoms with Gasteiger partial charge in [0.15, 0.2) is 5.78 Å². The van der Waals surface area contributed by atoms with Gasteiger partial charge in [0.05, 0.1) is 72.0 Å². The summed E-state index contributed by atoms with van der Waals surface area (Å²) in [6, 6.07) is 8.65. The van der Waals surface area contributed by atoms with E-state index in [-0.39, 0.29) is 80.8 Å². The maximum absolute atomic E-state index is 12.6. The summed E-state index contributed by atoms with van der Waals surface area (Å²) < 4.78 is 21.6. The molecule has 1 aromatic rings. The monoisotopic (exact) mass is 678 g/mol. The maximum atomic E-state index is 12.6. The van der Waals surface area contributed by atoms with Crippen LogP contribution in [-0.2, 0) is 54.1 Å². The summed E-state index contributed by atoms with van der Waals surface area (Å²) >= 11 is 0. The molecule has 0 aliphatic heterocycles. The molecule has 0 radical (unpaired) electrons. The molecular formula is C34H54N4O10. The van der Waals surface area contributed by atoms with Gasteiger partial charge in [0.1, 0.15) is 5.78 Å². The Morgan fingerprint density at radius 3 is 1.67 bits per heavy atom. The Kier molecular flexibility index (Phi) is 23.1. The molecular weight excluding hydrogens is 624 g/mol. The molecule has 0 saturated carbocycles. The third-order valence-corrected chi connectivity index (χ3v) is 6.82. The Bertz CT molecular complexity index is 1110. The van der Waals surface area contributed by atoms with E-state index in [1.165, 1.54) is 0 Å². The van der Waals surface area contributed by atoms with Gasteiger partial charge < -0.3 is 40.2 Å². The van der Waals surface area contributed by atoms with Crippen molar-refractivity contribution in [3.8, 4) is 0 Å². The fourth-order valence-corrected chi connectivity index (χ4v) is 4.03. The smallest absolute Gasteiger partial charge is 0.239 e. The zero-order chi connectivity index (χ0) is 35.6. The Labute approximate surface area is 283 Å². The number of carbonyl (C=O) groups excluding carboxylic acids is 6. The highest BCUT2D eigenvalue weighted by Crippen LogP contribution is 2.08. The normalized spacial score (nSPS) is 11.6. The van der Waals surface area contributed by atoms with Crippen LogP contribution in [0.1, 0.15) is 52.5 Å². The highest BCUT2D eigenvalue weighted by Gasteiger charge is 2.23. The van der Waals surface area contributed by atoms with Gasteiger partial charge in [-0.3, -0.25) is 28.8 Å². The van der Waals surface area contributed by atoms with Crippen LogP contribution < -0.4 is 21.3 Å². The number of ketones is 2. The third kappa shape index (κ3) is 22.0. The van der Waals surface area contributed by atoms with E-state index in [9.17, 15) is 28.8 Å². The number of Topliss-reactive ketones (excluding diaryl/α,β-unsaturated/α-hetero) is 2. The average Bonchev–Trinajstić information content (AvgIpc) is 3.06. The Morgan fingerprint density at radius 2 is 1.08 bits per heavy atom. The number of ether oxygens (including phenoxy) is 4. The number of carbonyl (C=O) groups is 6. The molecule has 1 aromatic carbocycles. The largest absolute Gasteiger partial charge is 0.379 e. The molecule has 0 spiro atoms. The van der Waals surface area contributed by atoms with Crippen LogP contribution in [0, 0.1) is 11.8 Å². The van der Waals surface area contributed by atoms with Gasteiger partial charge in [-0.15, -0.1) is 0 Å². The van der Waals surface area contributed by atoms with Crippen LogP contribution >= 0.6 is 0 Å². The summed E-state index contributed by atoms with van der Waals surface area (Å²) in [5, 5.41) is 10.3. The Hall–Kier alpha value is -3.72. The van der Waals surface area contributed by atoms with Gasteiger partial charge in [0.2, 0.25) is 23.6 Å². The molecule has 1 rings (SSSR count). The van der Waals surface area contributed by atoms with Gasteiger partial charge >= 0.3 is 0 Å². The van der Waals surface area contributed by atoms with Crippen molar-refractivity contribution in [1.82, 2.24) is 21.3 Å². The minimum atomic E-state index is -0.708. The van der Waals surface area contributed by atoms with Crippen molar-refractivity contribution < 1.29 is 47.7 Å². The van der Waals surface area contributed by atoms with E-state index in [1.54, 1.807) is 13.8 Å². The van der Waals surface area contributed by atoms with Gasteiger partial charge in [-0.1, -0.05) is 58.0 Å². The minimum Gasteiger partial charge on any atom is -0.379 e. The Balaban J connectivity index is 1.99. The van der Waals surface area contributed by atoms with Gasteiger partial charge in [-0.2, -0.15) is 0 Å². The van der Waals surface area contributed by atoms with Crippen LogP contribution in [0.5, 0.6) is 0 Å². The summed E-state index contributed by atoms with van der Waals surface area (Å²) in [5.74, 6) is -1.93.